The van der Waals surface area contributed by atoms with Crippen LogP contribution < -0.4 is 16.0 Å². The molecule has 21 heavy (non-hydrogen) atoms. The van der Waals surface area contributed by atoms with Crippen molar-refractivity contribution >= 4 is 28.6 Å². The van der Waals surface area contributed by atoms with Gasteiger partial charge in [-0.1, -0.05) is 12.1 Å². The molecular formula is C16H19N3OS. The van der Waals surface area contributed by atoms with Crippen molar-refractivity contribution < 1.29 is 4.79 Å². The van der Waals surface area contributed by atoms with Crippen molar-refractivity contribution in [1.29, 1.82) is 0 Å². The fraction of sp³-hybridized carbons (Fsp3) is 0.312. The van der Waals surface area contributed by atoms with Crippen LogP contribution in [0.2, 0.25) is 0 Å². The van der Waals surface area contributed by atoms with Gasteiger partial charge >= 0.3 is 0 Å². The minimum absolute atomic E-state index is 0.00793. The molecule has 4 nitrogen and oxygen atoms in total. The molecule has 0 saturated heterocycles. The molecule has 0 fully saturated rings. The zero-order chi connectivity index (χ0) is 15.0. The van der Waals surface area contributed by atoms with Crippen LogP contribution in [0, 0.1) is 6.92 Å². The van der Waals surface area contributed by atoms with Crippen LogP contribution in [0.15, 0.2) is 35.7 Å². The van der Waals surface area contributed by atoms with E-state index in [0.29, 0.717) is 6.54 Å². The number of rotatable bonds is 3. The van der Waals surface area contributed by atoms with E-state index < -0.39 is 0 Å². The monoisotopic (exact) mass is 301 g/mol. The summed E-state index contributed by atoms with van der Waals surface area (Å²) < 4.78 is 0. The van der Waals surface area contributed by atoms with Crippen molar-refractivity contribution in [2.24, 2.45) is 5.73 Å². The second kappa shape index (κ2) is 5.50. The highest BCUT2D eigenvalue weighted by atomic mass is 32.1. The van der Waals surface area contributed by atoms with Crippen LogP contribution in [0.4, 0.5) is 11.4 Å². The number of benzene rings is 1. The first kappa shape index (κ1) is 14.1. The maximum absolute atomic E-state index is 12.0. The molecule has 1 aliphatic rings. The van der Waals surface area contributed by atoms with Crippen LogP contribution >= 0.6 is 11.3 Å². The SMILES string of the molecule is Cc1ccsc1C(C(C)N)N1CC(=O)Nc2ccccc21. The molecule has 1 aliphatic heterocycles. The minimum atomic E-state index is -0.0682. The van der Waals surface area contributed by atoms with Gasteiger partial charge in [-0.2, -0.15) is 0 Å². The summed E-state index contributed by atoms with van der Waals surface area (Å²) in [7, 11) is 0. The fourth-order valence-corrected chi connectivity index (χ4v) is 4.01. The zero-order valence-electron chi connectivity index (χ0n) is 12.2. The van der Waals surface area contributed by atoms with Gasteiger partial charge in [0.05, 0.1) is 24.0 Å². The fourth-order valence-electron chi connectivity index (χ4n) is 2.86. The molecule has 0 radical (unpaired) electrons. The summed E-state index contributed by atoms with van der Waals surface area (Å²) in [6.45, 7) is 4.43. The number of nitrogens with two attached hydrogens (primary N) is 1. The number of hydrogen-bond donors (Lipinski definition) is 2. The van der Waals surface area contributed by atoms with E-state index in [2.05, 4.69) is 28.6 Å². The van der Waals surface area contributed by atoms with Crippen molar-refractivity contribution in [2.75, 3.05) is 16.8 Å². The van der Waals surface area contributed by atoms with E-state index in [1.54, 1.807) is 11.3 Å². The molecule has 3 rings (SSSR count). The van der Waals surface area contributed by atoms with E-state index >= 15 is 0 Å². The summed E-state index contributed by atoms with van der Waals surface area (Å²) in [6, 6.07) is 9.93. The van der Waals surface area contributed by atoms with Crippen molar-refractivity contribution in [2.45, 2.75) is 25.9 Å². The number of aryl methyl sites for hydroxylation is 1. The van der Waals surface area contributed by atoms with E-state index in [9.17, 15) is 4.79 Å². The zero-order valence-corrected chi connectivity index (χ0v) is 13.0. The number of amides is 1. The van der Waals surface area contributed by atoms with E-state index in [4.69, 9.17) is 5.73 Å². The van der Waals surface area contributed by atoms with Gasteiger partial charge in [-0.3, -0.25) is 4.79 Å². The predicted molar refractivity (Wildman–Crippen MR) is 87.9 cm³/mol. The van der Waals surface area contributed by atoms with Crippen LogP contribution in [0.5, 0.6) is 0 Å². The normalized spacial score (nSPS) is 17.1. The van der Waals surface area contributed by atoms with Crippen LogP contribution in [0.1, 0.15) is 23.4 Å². The summed E-state index contributed by atoms with van der Waals surface area (Å²) in [5.41, 5.74) is 9.38. The molecular weight excluding hydrogens is 282 g/mol. The topological polar surface area (TPSA) is 58.4 Å². The number of nitrogens with zero attached hydrogens (tertiary/aromatic N) is 1. The summed E-state index contributed by atoms with van der Waals surface area (Å²) in [4.78, 5) is 15.4. The number of anilines is 2. The van der Waals surface area contributed by atoms with Crippen LogP contribution in [0.25, 0.3) is 0 Å². The molecule has 0 saturated carbocycles. The van der Waals surface area contributed by atoms with Crippen molar-refractivity contribution in [3.8, 4) is 0 Å². The lowest BCUT2D eigenvalue weighted by Crippen LogP contribution is -2.46. The molecule has 3 N–H and O–H groups in total. The molecule has 110 valence electrons. The Hall–Kier alpha value is -1.85. The molecule has 2 aromatic rings. The molecule has 1 amide bonds. The van der Waals surface area contributed by atoms with Crippen LogP contribution in [0.3, 0.4) is 0 Å². The number of thiophene rings is 1. The van der Waals surface area contributed by atoms with Gasteiger partial charge in [0.25, 0.3) is 0 Å². The number of carbonyl (C=O) groups is 1. The molecule has 1 aromatic carbocycles. The van der Waals surface area contributed by atoms with E-state index in [1.807, 2.05) is 31.2 Å². The van der Waals surface area contributed by atoms with E-state index in [-0.39, 0.29) is 18.0 Å². The third-order valence-electron chi connectivity index (χ3n) is 3.81. The van der Waals surface area contributed by atoms with Crippen molar-refractivity contribution in [3.63, 3.8) is 0 Å². The Morgan fingerprint density at radius 1 is 1.33 bits per heavy atom. The van der Waals surface area contributed by atoms with E-state index in [0.717, 1.165) is 11.4 Å². The quantitative estimate of drug-likeness (QED) is 0.916. The highest BCUT2D eigenvalue weighted by Crippen LogP contribution is 2.39. The van der Waals surface area contributed by atoms with E-state index in [1.165, 1.54) is 10.4 Å². The lowest BCUT2D eigenvalue weighted by Gasteiger charge is -2.39. The van der Waals surface area contributed by atoms with Gasteiger partial charge in [0.15, 0.2) is 0 Å². The maximum Gasteiger partial charge on any atom is 0.243 e. The number of para-hydroxylation sites is 2. The number of nitrogens with one attached hydrogen (secondary N) is 1. The third-order valence-corrected chi connectivity index (χ3v) is 4.90. The average Bonchev–Trinajstić information content (AvgIpc) is 2.85. The van der Waals surface area contributed by atoms with Crippen molar-refractivity contribution in [1.82, 2.24) is 0 Å². The Morgan fingerprint density at radius 3 is 2.76 bits per heavy atom. The molecule has 2 heterocycles. The van der Waals surface area contributed by atoms with Crippen molar-refractivity contribution in [3.05, 3.63) is 46.2 Å². The largest absolute Gasteiger partial charge is 0.351 e. The number of hydrogen-bond acceptors (Lipinski definition) is 4. The lowest BCUT2D eigenvalue weighted by molar-refractivity contribution is -0.115. The second-order valence-corrected chi connectivity index (χ2v) is 6.41. The molecule has 0 spiro atoms. The molecule has 5 heteroatoms. The molecule has 2 unspecified atom stereocenters. The lowest BCUT2D eigenvalue weighted by atomic mass is 10.0. The predicted octanol–water partition coefficient (Wildman–Crippen LogP) is 2.90. The summed E-state index contributed by atoms with van der Waals surface area (Å²) in [6.07, 6.45) is 0. The maximum atomic E-state index is 12.0. The van der Waals surface area contributed by atoms with Gasteiger partial charge in [0.1, 0.15) is 0 Å². The van der Waals surface area contributed by atoms with Gasteiger partial charge in [0, 0.05) is 10.9 Å². The Morgan fingerprint density at radius 2 is 2.10 bits per heavy atom. The minimum Gasteiger partial charge on any atom is -0.351 e. The van der Waals surface area contributed by atoms with Gasteiger partial charge in [-0.25, -0.2) is 0 Å². The number of carbonyl (C=O) groups excluding carboxylic acids is 1. The van der Waals surface area contributed by atoms with Crippen LogP contribution in [-0.2, 0) is 4.79 Å². The third kappa shape index (κ3) is 2.54. The van der Waals surface area contributed by atoms with Gasteiger partial charge in [0.2, 0.25) is 5.91 Å². The Bertz CT molecular complexity index is 665. The smallest absolute Gasteiger partial charge is 0.243 e. The Kier molecular flexibility index (Phi) is 3.69. The summed E-state index contributed by atoms with van der Waals surface area (Å²) in [5.74, 6) is 0.00793. The Labute approximate surface area is 128 Å². The first-order chi connectivity index (χ1) is 10.1. The Balaban J connectivity index is 2.08. The summed E-state index contributed by atoms with van der Waals surface area (Å²) in [5, 5.41) is 5.00. The number of fused-ring (bicyclic) bond motifs is 1. The molecule has 0 bridgehead atoms. The first-order valence-electron chi connectivity index (χ1n) is 7.03. The van der Waals surface area contributed by atoms with Gasteiger partial charge < -0.3 is 16.0 Å². The molecule has 1 aromatic heterocycles. The first-order valence-corrected chi connectivity index (χ1v) is 7.91. The van der Waals surface area contributed by atoms with Gasteiger partial charge in [-0.15, -0.1) is 11.3 Å². The molecule has 2 atom stereocenters. The van der Waals surface area contributed by atoms with Crippen LogP contribution in [-0.4, -0.2) is 18.5 Å². The second-order valence-electron chi connectivity index (χ2n) is 5.47. The summed E-state index contributed by atoms with van der Waals surface area (Å²) >= 11 is 1.70. The highest BCUT2D eigenvalue weighted by molar-refractivity contribution is 7.10. The van der Waals surface area contributed by atoms with Gasteiger partial charge in [-0.05, 0) is 43.0 Å². The highest BCUT2D eigenvalue weighted by Gasteiger charge is 2.32. The standard InChI is InChI=1S/C16H19N3OS/c1-10-7-8-21-16(10)15(11(2)17)19-9-14(20)18-12-5-3-4-6-13(12)19/h3-8,11,15H,9,17H2,1-2H3,(H,18,20). The average molecular weight is 301 g/mol. The molecule has 0 aliphatic carbocycles.